The van der Waals surface area contributed by atoms with Crippen LogP contribution in [0.3, 0.4) is 0 Å². The Morgan fingerprint density at radius 1 is 1.46 bits per heavy atom. The molecule has 3 nitrogen and oxygen atoms in total. The average Bonchev–Trinajstić information content (AvgIpc) is 2.95. The van der Waals surface area contributed by atoms with Gasteiger partial charge in [0, 0.05) is 6.54 Å². The summed E-state index contributed by atoms with van der Waals surface area (Å²) in [4.78, 5) is 11.2. The number of carbonyl (C=O) groups is 1. The predicted molar refractivity (Wildman–Crippen MR) is 51.3 cm³/mol. The molecule has 0 aromatic heterocycles. The largest absolute Gasteiger partial charge is 0.354 e. The van der Waals surface area contributed by atoms with E-state index in [1.807, 2.05) is 0 Å². The number of likely N-dealkylation sites (N-methyl/N-ethyl adjacent to an activating group) is 1. The van der Waals surface area contributed by atoms with Gasteiger partial charge >= 0.3 is 0 Å². The summed E-state index contributed by atoms with van der Waals surface area (Å²) in [6, 6.07) is 0. The highest BCUT2D eigenvalue weighted by Gasteiger charge is 2.53. The second-order valence-electron chi connectivity index (χ2n) is 4.44. The van der Waals surface area contributed by atoms with E-state index in [-0.39, 0.29) is 5.91 Å². The van der Waals surface area contributed by atoms with Crippen LogP contribution >= 0.6 is 0 Å². The van der Waals surface area contributed by atoms with Gasteiger partial charge in [-0.05, 0) is 44.1 Å². The van der Waals surface area contributed by atoms with Crippen molar-refractivity contribution in [1.82, 2.24) is 10.6 Å². The number of hydrogen-bond acceptors (Lipinski definition) is 2. The van der Waals surface area contributed by atoms with Crippen molar-refractivity contribution in [2.75, 3.05) is 20.1 Å². The Morgan fingerprint density at radius 2 is 2.15 bits per heavy atom. The third-order valence-corrected chi connectivity index (χ3v) is 3.31. The van der Waals surface area contributed by atoms with E-state index < -0.39 is 0 Å². The molecule has 0 spiro atoms. The molecule has 0 radical (unpaired) electrons. The first-order chi connectivity index (χ1) is 6.27. The molecule has 0 saturated heterocycles. The van der Waals surface area contributed by atoms with Gasteiger partial charge in [-0.3, -0.25) is 4.79 Å². The Morgan fingerprint density at radius 3 is 2.62 bits per heavy atom. The second kappa shape index (κ2) is 3.29. The van der Waals surface area contributed by atoms with Crippen LogP contribution in [-0.4, -0.2) is 26.0 Å². The fraction of sp³-hybridized carbons (Fsp3) is 0.900. The molecule has 3 heteroatoms. The van der Waals surface area contributed by atoms with E-state index in [0.29, 0.717) is 12.0 Å². The number of hydrogen-bond donors (Lipinski definition) is 2. The van der Waals surface area contributed by atoms with Crippen LogP contribution < -0.4 is 10.6 Å². The van der Waals surface area contributed by atoms with Gasteiger partial charge in [0.15, 0.2) is 0 Å². The SMILES string of the molecule is CNCC(=O)NCC1(C2CC2)CC1. The zero-order valence-corrected chi connectivity index (χ0v) is 8.23. The van der Waals surface area contributed by atoms with Gasteiger partial charge in [0.2, 0.25) is 5.91 Å². The van der Waals surface area contributed by atoms with E-state index in [4.69, 9.17) is 0 Å². The van der Waals surface area contributed by atoms with Crippen molar-refractivity contribution in [3.63, 3.8) is 0 Å². The molecule has 2 aliphatic carbocycles. The molecule has 0 aromatic carbocycles. The van der Waals surface area contributed by atoms with Crippen molar-refractivity contribution in [2.45, 2.75) is 25.7 Å². The molecule has 2 rings (SSSR count). The van der Waals surface area contributed by atoms with E-state index >= 15 is 0 Å². The van der Waals surface area contributed by atoms with Crippen molar-refractivity contribution in [3.8, 4) is 0 Å². The Hall–Kier alpha value is -0.570. The van der Waals surface area contributed by atoms with Gasteiger partial charge in [-0.1, -0.05) is 0 Å². The summed E-state index contributed by atoms with van der Waals surface area (Å²) in [7, 11) is 1.80. The minimum atomic E-state index is 0.134. The minimum Gasteiger partial charge on any atom is -0.354 e. The number of amides is 1. The monoisotopic (exact) mass is 182 g/mol. The smallest absolute Gasteiger partial charge is 0.233 e. The zero-order chi connectivity index (χ0) is 9.31. The molecule has 2 fully saturated rings. The maximum Gasteiger partial charge on any atom is 0.233 e. The quantitative estimate of drug-likeness (QED) is 0.650. The van der Waals surface area contributed by atoms with Gasteiger partial charge < -0.3 is 10.6 Å². The summed E-state index contributed by atoms with van der Waals surface area (Å²) in [5.74, 6) is 1.07. The molecule has 2 aliphatic rings. The molecule has 2 N–H and O–H groups in total. The maximum atomic E-state index is 11.2. The fourth-order valence-corrected chi connectivity index (χ4v) is 2.08. The van der Waals surface area contributed by atoms with E-state index in [9.17, 15) is 4.79 Å². The van der Waals surface area contributed by atoms with Crippen LogP contribution in [0.5, 0.6) is 0 Å². The van der Waals surface area contributed by atoms with Gasteiger partial charge in [-0.25, -0.2) is 0 Å². The molecule has 0 aliphatic heterocycles. The van der Waals surface area contributed by atoms with Crippen LogP contribution in [-0.2, 0) is 4.79 Å². The standard InChI is InChI=1S/C10H18N2O/c1-11-6-9(13)12-7-10(4-5-10)8-2-3-8/h8,11H,2-7H2,1H3,(H,12,13). The molecule has 1 amide bonds. The molecule has 0 heterocycles. The Kier molecular flexibility index (Phi) is 2.28. The number of carbonyl (C=O) groups excluding carboxylic acids is 1. The lowest BCUT2D eigenvalue weighted by Crippen LogP contribution is -2.36. The summed E-state index contributed by atoms with van der Waals surface area (Å²) in [6.45, 7) is 1.36. The van der Waals surface area contributed by atoms with Crippen molar-refractivity contribution >= 4 is 5.91 Å². The first-order valence-corrected chi connectivity index (χ1v) is 5.18. The minimum absolute atomic E-state index is 0.134. The summed E-state index contributed by atoms with van der Waals surface area (Å²) in [6.07, 6.45) is 5.44. The maximum absolute atomic E-state index is 11.2. The molecule has 0 bridgehead atoms. The normalized spacial score (nSPS) is 24.1. The Bertz CT molecular complexity index is 207. The van der Waals surface area contributed by atoms with E-state index in [0.717, 1.165) is 12.5 Å². The van der Waals surface area contributed by atoms with E-state index in [1.165, 1.54) is 25.7 Å². The lowest BCUT2D eigenvalue weighted by Gasteiger charge is -2.14. The molecule has 74 valence electrons. The van der Waals surface area contributed by atoms with Crippen LogP contribution in [0.2, 0.25) is 0 Å². The summed E-state index contributed by atoms with van der Waals surface area (Å²) < 4.78 is 0. The highest BCUT2D eigenvalue weighted by molar-refractivity contribution is 5.78. The lowest BCUT2D eigenvalue weighted by molar-refractivity contribution is -0.120. The third-order valence-electron chi connectivity index (χ3n) is 3.31. The van der Waals surface area contributed by atoms with Crippen LogP contribution in [0.15, 0.2) is 0 Å². The molecule has 13 heavy (non-hydrogen) atoms. The van der Waals surface area contributed by atoms with Crippen LogP contribution in [0.1, 0.15) is 25.7 Å². The molecule has 0 atom stereocenters. The van der Waals surface area contributed by atoms with E-state index in [1.54, 1.807) is 7.05 Å². The second-order valence-corrected chi connectivity index (χ2v) is 4.44. The Labute approximate surface area is 79.3 Å². The topological polar surface area (TPSA) is 41.1 Å². The van der Waals surface area contributed by atoms with Gasteiger partial charge in [-0.15, -0.1) is 0 Å². The highest BCUT2D eigenvalue weighted by atomic mass is 16.1. The van der Waals surface area contributed by atoms with Gasteiger partial charge in [0.1, 0.15) is 0 Å². The van der Waals surface area contributed by atoms with Crippen molar-refractivity contribution in [3.05, 3.63) is 0 Å². The zero-order valence-electron chi connectivity index (χ0n) is 8.23. The number of nitrogens with one attached hydrogen (secondary N) is 2. The van der Waals surface area contributed by atoms with Crippen molar-refractivity contribution < 1.29 is 4.79 Å². The van der Waals surface area contributed by atoms with Gasteiger partial charge in [0.25, 0.3) is 0 Å². The molecular weight excluding hydrogens is 164 g/mol. The summed E-state index contributed by atoms with van der Waals surface area (Å²) >= 11 is 0. The average molecular weight is 182 g/mol. The van der Waals surface area contributed by atoms with Crippen LogP contribution in [0, 0.1) is 11.3 Å². The number of rotatable bonds is 5. The van der Waals surface area contributed by atoms with Crippen molar-refractivity contribution in [1.29, 1.82) is 0 Å². The third kappa shape index (κ3) is 2.02. The molecule has 2 saturated carbocycles. The first-order valence-electron chi connectivity index (χ1n) is 5.18. The summed E-state index contributed by atoms with van der Waals surface area (Å²) in [5.41, 5.74) is 0.531. The van der Waals surface area contributed by atoms with E-state index in [2.05, 4.69) is 10.6 Å². The molecule has 0 unspecified atom stereocenters. The van der Waals surface area contributed by atoms with Crippen molar-refractivity contribution in [2.24, 2.45) is 11.3 Å². The van der Waals surface area contributed by atoms with Crippen LogP contribution in [0.25, 0.3) is 0 Å². The fourth-order valence-electron chi connectivity index (χ4n) is 2.08. The Balaban J connectivity index is 1.69. The highest BCUT2D eigenvalue weighted by Crippen LogP contribution is 2.60. The summed E-state index contributed by atoms with van der Waals surface area (Å²) in [5, 5.41) is 5.86. The van der Waals surface area contributed by atoms with Gasteiger partial charge in [0.05, 0.1) is 6.54 Å². The lowest BCUT2D eigenvalue weighted by atomic mass is 10.0. The predicted octanol–water partition coefficient (Wildman–Crippen LogP) is 0.512. The van der Waals surface area contributed by atoms with Gasteiger partial charge in [-0.2, -0.15) is 0 Å². The molecule has 0 aromatic rings. The van der Waals surface area contributed by atoms with Crippen LogP contribution in [0.4, 0.5) is 0 Å². The first kappa shape index (κ1) is 9.00. The molecular formula is C10H18N2O.